The Bertz CT molecular complexity index is 162. The average Bonchev–Trinajstić information content (AvgIpc) is 2.18. The first kappa shape index (κ1) is 12.9. The van der Waals surface area contributed by atoms with Crippen molar-refractivity contribution >= 4 is 0 Å². The van der Waals surface area contributed by atoms with Crippen LogP contribution in [0, 0.1) is 11.8 Å². The number of nitrogens with one attached hydrogen (secondary N) is 1. The molecule has 1 rings (SSSR count). The lowest BCUT2D eigenvalue weighted by Crippen LogP contribution is -2.39. The molecule has 3 nitrogen and oxygen atoms in total. The van der Waals surface area contributed by atoms with Gasteiger partial charge in [-0.25, -0.2) is 0 Å². The van der Waals surface area contributed by atoms with E-state index in [1.807, 2.05) is 0 Å². The first-order valence-corrected chi connectivity index (χ1v) is 6.27. The highest BCUT2D eigenvalue weighted by Crippen LogP contribution is 2.26. The zero-order valence-corrected chi connectivity index (χ0v) is 10.5. The maximum Gasteiger partial charge on any atom is 0.0126 e. The SMILES string of the molecule is CC(C)CN(C)C1CCC(CNN)CC1. The van der Waals surface area contributed by atoms with Crippen molar-refractivity contribution < 1.29 is 0 Å². The molecule has 0 aliphatic heterocycles. The van der Waals surface area contributed by atoms with Crippen LogP contribution in [0.25, 0.3) is 0 Å². The Balaban J connectivity index is 2.24. The lowest BCUT2D eigenvalue weighted by molar-refractivity contribution is 0.151. The molecule has 90 valence electrons. The smallest absolute Gasteiger partial charge is 0.0126 e. The topological polar surface area (TPSA) is 41.3 Å². The molecule has 1 saturated carbocycles. The van der Waals surface area contributed by atoms with Crippen LogP contribution in [0.15, 0.2) is 0 Å². The minimum atomic E-state index is 0.776. The quantitative estimate of drug-likeness (QED) is 0.538. The second-order valence-electron chi connectivity index (χ2n) is 5.42. The molecule has 1 fully saturated rings. The van der Waals surface area contributed by atoms with Crippen LogP contribution in [0.5, 0.6) is 0 Å². The molecule has 0 heterocycles. The normalized spacial score (nSPS) is 27.6. The summed E-state index contributed by atoms with van der Waals surface area (Å²) in [5.41, 5.74) is 2.80. The predicted octanol–water partition coefficient (Wildman–Crippen LogP) is 1.60. The van der Waals surface area contributed by atoms with Gasteiger partial charge in [-0.2, -0.15) is 0 Å². The van der Waals surface area contributed by atoms with E-state index >= 15 is 0 Å². The van der Waals surface area contributed by atoms with Crippen molar-refractivity contribution in [3.8, 4) is 0 Å². The van der Waals surface area contributed by atoms with E-state index < -0.39 is 0 Å². The number of rotatable bonds is 5. The Morgan fingerprint density at radius 3 is 2.33 bits per heavy atom. The van der Waals surface area contributed by atoms with Crippen LogP contribution in [0.3, 0.4) is 0 Å². The highest BCUT2D eigenvalue weighted by molar-refractivity contribution is 4.79. The van der Waals surface area contributed by atoms with Crippen LogP contribution in [0.4, 0.5) is 0 Å². The van der Waals surface area contributed by atoms with Crippen molar-refractivity contribution in [1.29, 1.82) is 0 Å². The van der Waals surface area contributed by atoms with Gasteiger partial charge < -0.3 is 4.90 Å². The Labute approximate surface area is 94.4 Å². The molecule has 0 amide bonds. The number of nitrogens with two attached hydrogens (primary N) is 1. The van der Waals surface area contributed by atoms with Crippen molar-refractivity contribution in [3.63, 3.8) is 0 Å². The number of hydrazine groups is 1. The molecule has 0 atom stereocenters. The molecule has 0 aromatic carbocycles. The summed E-state index contributed by atoms with van der Waals surface area (Å²) in [6, 6.07) is 0.807. The van der Waals surface area contributed by atoms with Crippen LogP contribution >= 0.6 is 0 Å². The van der Waals surface area contributed by atoms with Crippen LogP contribution in [0.1, 0.15) is 39.5 Å². The van der Waals surface area contributed by atoms with Gasteiger partial charge in [0.15, 0.2) is 0 Å². The van der Waals surface area contributed by atoms with Gasteiger partial charge >= 0.3 is 0 Å². The second kappa shape index (κ2) is 6.46. The summed E-state index contributed by atoms with van der Waals surface area (Å²) in [5.74, 6) is 6.94. The second-order valence-corrected chi connectivity index (χ2v) is 5.42. The predicted molar refractivity (Wildman–Crippen MR) is 65.4 cm³/mol. The molecule has 0 saturated heterocycles. The zero-order chi connectivity index (χ0) is 11.3. The Morgan fingerprint density at radius 1 is 1.27 bits per heavy atom. The van der Waals surface area contributed by atoms with E-state index in [1.54, 1.807) is 0 Å². The van der Waals surface area contributed by atoms with E-state index in [9.17, 15) is 0 Å². The van der Waals surface area contributed by atoms with Crippen molar-refractivity contribution in [3.05, 3.63) is 0 Å². The van der Waals surface area contributed by atoms with Crippen molar-refractivity contribution in [2.75, 3.05) is 20.1 Å². The highest BCUT2D eigenvalue weighted by Gasteiger charge is 2.23. The van der Waals surface area contributed by atoms with Gasteiger partial charge in [-0.15, -0.1) is 0 Å². The van der Waals surface area contributed by atoms with E-state index in [-0.39, 0.29) is 0 Å². The van der Waals surface area contributed by atoms with Gasteiger partial charge in [0.2, 0.25) is 0 Å². The van der Waals surface area contributed by atoms with E-state index in [2.05, 4.69) is 31.2 Å². The minimum absolute atomic E-state index is 0.776. The standard InChI is InChI=1S/C12H27N3/c1-10(2)9-15(3)12-6-4-11(5-7-12)8-14-13/h10-12,14H,4-9,13H2,1-3H3. The summed E-state index contributed by atoms with van der Waals surface area (Å²) in [6.07, 6.45) is 5.35. The lowest BCUT2D eigenvalue weighted by atomic mass is 9.85. The third-order valence-corrected chi connectivity index (χ3v) is 3.50. The fraction of sp³-hybridized carbons (Fsp3) is 1.00. The molecule has 1 aliphatic rings. The zero-order valence-electron chi connectivity index (χ0n) is 10.5. The largest absolute Gasteiger partial charge is 0.303 e. The Kier molecular flexibility index (Phi) is 5.58. The summed E-state index contributed by atoms with van der Waals surface area (Å²) in [7, 11) is 2.27. The summed E-state index contributed by atoms with van der Waals surface area (Å²) >= 11 is 0. The maximum absolute atomic E-state index is 5.36. The monoisotopic (exact) mass is 213 g/mol. The van der Waals surface area contributed by atoms with Gasteiger partial charge in [0.25, 0.3) is 0 Å². The van der Waals surface area contributed by atoms with E-state index in [0.29, 0.717) is 0 Å². The molecule has 0 aromatic rings. The number of hydrogen-bond donors (Lipinski definition) is 2. The summed E-state index contributed by atoms with van der Waals surface area (Å²) in [4.78, 5) is 2.54. The molecule has 15 heavy (non-hydrogen) atoms. The molecule has 1 aliphatic carbocycles. The molecule has 3 heteroatoms. The van der Waals surface area contributed by atoms with Gasteiger partial charge in [0, 0.05) is 19.1 Å². The molecule has 0 unspecified atom stereocenters. The van der Waals surface area contributed by atoms with Crippen LogP contribution in [-0.2, 0) is 0 Å². The molecule has 3 N–H and O–H groups in total. The van der Waals surface area contributed by atoms with Gasteiger partial charge in [0.1, 0.15) is 0 Å². The molecular weight excluding hydrogens is 186 g/mol. The molecule has 0 aromatic heterocycles. The average molecular weight is 213 g/mol. The molecular formula is C12H27N3. The van der Waals surface area contributed by atoms with Crippen molar-refractivity contribution in [2.45, 2.75) is 45.6 Å². The van der Waals surface area contributed by atoms with Gasteiger partial charge in [-0.1, -0.05) is 13.8 Å². The van der Waals surface area contributed by atoms with Gasteiger partial charge in [-0.05, 0) is 44.6 Å². The Morgan fingerprint density at radius 2 is 1.87 bits per heavy atom. The highest BCUT2D eigenvalue weighted by atomic mass is 15.2. The third kappa shape index (κ3) is 4.49. The first-order valence-electron chi connectivity index (χ1n) is 6.27. The summed E-state index contributed by atoms with van der Waals surface area (Å²) < 4.78 is 0. The Hall–Kier alpha value is -0.120. The summed E-state index contributed by atoms with van der Waals surface area (Å²) in [6.45, 7) is 6.80. The number of hydrogen-bond acceptors (Lipinski definition) is 3. The van der Waals surface area contributed by atoms with Gasteiger partial charge in [0.05, 0.1) is 0 Å². The van der Waals surface area contributed by atoms with E-state index in [0.717, 1.165) is 24.4 Å². The van der Waals surface area contributed by atoms with Crippen LogP contribution < -0.4 is 11.3 Å². The fourth-order valence-electron chi connectivity index (χ4n) is 2.68. The lowest BCUT2D eigenvalue weighted by Gasteiger charge is -2.35. The van der Waals surface area contributed by atoms with Crippen LogP contribution in [0.2, 0.25) is 0 Å². The third-order valence-electron chi connectivity index (χ3n) is 3.50. The summed E-state index contributed by atoms with van der Waals surface area (Å²) in [5, 5.41) is 0. The van der Waals surface area contributed by atoms with Crippen LogP contribution in [-0.4, -0.2) is 31.1 Å². The fourth-order valence-corrected chi connectivity index (χ4v) is 2.68. The first-order chi connectivity index (χ1) is 7.13. The molecule has 0 spiro atoms. The van der Waals surface area contributed by atoms with Crippen molar-refractivity contribution in [2.24, 2.45) is 17.7 Å². The van der Waals surface area contributed by atoms with Gasteiger partial charge in [-0.3, -0.25) is 11.3 Å². The number of nitrogens with zero attached hydrogens (tertiary/aromatic N) is 1. The molecule has 0 bridgehead atoms. The van der Waals surface area contributed by atoms with E-state index in [1.165, 1.54) is 32.2 Å². The van der Waals surface area contributed by atoms with Crippen molar-refractivity contribution in [1.82, 2.24) is 10.3 Å². The maximum atomic E-state index is 5.36. The van der Waals surface area contributed by atoms with E-state index in [4.69, 9.17) is 5.84 Å². The molecule has 0 radical (unpaired) electrons. The minimum Gasteiger partial charge on any atom is -0.303 e.